The molecule has 1 aromatic rings. The van der Waals surface area contributed by atoms with Gasteiger partial charge in [-0.15, -0.1) is 0 Å². The van der Waals surface area contributed by atoms with Crippen LogP contribution in [-0.2, 0) is 6.54 Å². The Hall–Kier alpha value is -1.10. The van der Waals surface area contributed by atoms with Crippen LogP contribution in [0.5, 0.6) is 5.75 Å². The monoisotopic (exact) mass is 338 g/mol. The standard InChI is InChI=1S/C20H37N3O/c1-17-18(2)20(24-7)11-10-19(17)16-23(14-8-12-21(3)4)15-9-13-22(5)6/h10-11H,8-9,12-16H2,1-7H3/p+3. The summed E-state index contributed by atoms with van der Waals surface area (Å²) in [5.74, 6) is 1.00. The van der Waals surface area contributed by atoms with Crippen LogP contribution in [0.15, 0.2) is 12.1 Å². The summed E-state index contributed by atoms with van der Waals surface area (Å²) in [5, 5.41) is 0. The summed E-state index contributed by atoms with van der Waals surface area (Å²) in [5.41, 5.74) is 4.14. The number of benzene rings is 1. The number of ether oxygens (including phenoxy) is 1. The summed E-state index contributed by atoms with van der Waals surface area (Å²) in [6.45, 7) is 10.6. The smallest absolute Gasteiger partial charge is 0.122 e. The molecule has 0 fully saturated rings. The van der Waals surface area contributed by atoms with Crippen LogP contribution in [0.1, 0.15) is 29.5 Å². The maximum atomic E-state index is 5.46. The van der Waals surface area contributed by atoms with Crippen LogP contribution in [0.2, 0.25) is 0 Å². The van der Waals surface area contributed by atoms with Crippen LogP contribution in [0.4, 0.5) is 0 Å². The van der Waals surface area contributed by atoms with Gasteiger partial charge in [-0.3, -0.25) is 0 Å². The van der Waals surface area contributed by atoms with Gasteiger partial charge in [0, 0.05) is 18.4 Å². The van der Waals surface area contributed by atoms with Crippen molar-refractivity contribution < 1.29 is 19.4 Å². The van der Waals surface area contributed by atoms with Gasteiger partial charge in [0.05, 0.1) is 61.5 Å². The van der Waals surface area contributed by atoms with Crippen LogP contribution < -0.4 is 19.4 Å². The Kier molecular flexibility index (Phi) is 9.34. The lowest BCUT2D eigenvalue weighted by Crippen LogP contribution is -3.13. The Balaban J connectivity index is 2.73. The van der Waals surface area contributed by atoms with E-state index in [0.29, 0.717) is 0 Å². The molecule has 4 heteroatoms. The fourth-order valence-corrected chi connectivity index (χ4v) is 3.22. The molecule has 0 bridgehead atoms. The van der Waals surface area contributed by atoms with E-state index in [2.05, 4.69) is 54.2 Å². The highest BCUT2D eigenvalue weighted by molar-refractivity contribution is 5.43. The highest BCUT2D eigenvalue weighted by Crippen LogP contribution is 2.23. The third-order valence-corrected chi connectivity index (χ3v) is 4.92. The Bertz CT molecular complexity index is 472. The molecule has 0 heterocycles. The quantitative estimate of drug-likeness (QED) is 0.462. The Morgan fingerprint density at radius 1 is 0.792 bits per heavy atom. The minimum atomic E-state index is 1.00. The lowest BCUT2D eigenvalue weighted by atomic mass is 10.0. The maximum absolute atomic E-state index is 5.46. The highest BCUT2D eigenvalue weighted by Gasteiger charge is 2.15. The van der Waals surface area contributed by atoms with Crippen molar-refractivity contribution in [1.82, 2.24) is 0 Å². The third-order valence-electron chi connectivity index (χ3n) is 4.92. The number of rotatable bonds is 11. The lowest BCUT2D eigenvalue weighted by Gasteiger charge is -2.22. The molecular weight excluding hydrogens is 298 g/mol. The molecule has 0 unspecified atom stereocenters. The topological polar surface area (TPSA) is 22.6 Å². The molecule has 0 atom stereocenters. The predicted octanol–water partition coefficient (Wildman–Crippen LogP) is -1.23. The zero-order chi connectivity index (χ0) is 18.1. The van der Waals surface area contributed by atoms with Crippen molar-refractivity contribution in [2.24, 2.45) is 0 Å². The van der Waals surface area contributed by atoms with E-state index in [9.17, 15) is 0 Å². The second-order valence-electron chi connectivity index (χ2n) is 7.73. The number of hydrogen-bond donors (Lipinski definition) is 3. The molecular formula is C20H40N3O+3. The molecule has 3 N–H and O–H groups in total. The van der Waals surface area contributed by atoms with E-state index in [-0.39, 0.29) is 0 Å². The summed E-state index contributed by atoms with van der Waals surface area (Å²) >= 11 is 0. The van der Waals surface area contributed by atoms with Gasteiger partial charge in [0.25, 0.3) is 0 Å². The van der Waals surface area contributed by atoms with Crippen molar-refractivity contribution in [1.29, 1.82) is 0 Å². The van der Waals surface area contributed by atoms with Crippen LogP contribution in [0, 0.1) is 13.8 Å². The van der Waals surface area contributed by atoms with Gasteiger partial charge >= 0.3 is 0 Å². The van der Waals surface area contributed by atoms with Crippen molar-refractivity contribution in [2.75, 3.05) is 61.5 Å². The maximum Gasteiger partial charge on any atom is 0.122 e. The number of methoxy groups -OCH3 is 1. The predicted molar refractivity (Wildman–Crippen MR) is 101 cm³/mol. The highest BCUT2D eigenvalue weighted by atomic mass is 16.5. The first-order chi connectivity index (χ1) is 11.3. The number of quaternary nitrogens is 3. The molecule has 0 aliphatic rings. The van der Waals surface area contributed by atoms with E-state index in [1.165, 1.54) is 55.7 Å². The van der Waals surface area contributed by atoms with Crippen molar-refractivity contribution in [3.63, 3.8) is 0 Å². The molecule has 24 heavy (non-hydrogen) atoms. The molecule has 0 spiro atoms. The summed E-state index contributed by atoms with van der Waals surface area (Å²) in [7, 11) is 10.7. The molecule has 0 amide bonds. The summed E-state index contributed by atoms with van der Waals surface area (Å²) < 4.78 is 5.46. The van der Waals surface area contributed by atoms with Crippen molar-refractivity contribution in [2.45, 2.75) is 33.2 Å². The minimum Gasteiger partial charge on any atom is -0.496 e. The van der Waals surface area contributed by atoms with Crippen molar-refractivity contribution in [3.8, 4) is 5.75 Å². The number of nitrogens with one attached hydrogen (secondary N) is 3. The third kappa shape index (κ3) is 7.20. The van der Waals surface area contributed by atoms with Gasteiger partial charge in [0.2, 0.25) is 0 Å². The molecule has 0 saturated heterocycles. The normalized spacial score (nSPS) is 11.8. The second-order valence-corrected chi connectivity index (χ2v) is 7.73. The van der Waals surface area contributed by atoms with Gasteiger partial charge in [0.15, 0.2) is 0 Å². The number of hydrogen-bond acceptors (Lipinski definition) is 1. The zero-order valence-electron chi connectivity index (χ0n) is 17.0. The average Bonchev–Trinajstić information content (AvgIpc) is 2.51. The first-order valence-electron chi connectivity index (χ1n) is 9.39. The van der Waals surface area contributed by atoms with Gasteiger partial charge in [-0.25, -0.2) is 0 Å². The van der Waals surface area contributed by atoms with Crippen LogP contribution in [0.3, 0.4) is 0 Å². The Morgan fingerprint density at radius 2 is 1.33 bits per heavy atom. The molecule has 1 rings (SSSR count). The molecule has 0 aromatic heterocycles. The van der Waals surface area contributed by atoms with Crippen molar-refractivity contribution in [3.05, 3.63) is 28.8 Å². The van der Waals surface area contributed by atoms with Gasteiger partial charge in [-0.05, 0) is 37.1 Å². The zero-order valence-corrected chi connectivity index (χ0v) is 17.0. The lowest BCUT2D eigenvalue weighted by molar-refractivity contribution is -0.925. The molecule has 0 saturated carbocycles. The van der Waals surface area contributed by atoms with Crippen molar-refractivity contribution >= 4 is 0 Å². The fourth-order valence-electron chi connectivity index (χ4n) is 3.22. The van der Waals surface area contributed by atoms with E-state index in [4.69, 9.17) is 4.74 Å². The van der Waals surface area contributed by atoms with Crippen LogP contribution >= 0.6 is 0 Å². The Morgan fingerprint density at radius 3 is 1.79 bits per heavy atom. The van der Waals surface area contributed by atoms with E-state index < -0.39 is 0 Å². The van der Waals surface area contributed by atoms with E-state index in [1.807, 2.05) is 0 Å². The van der Waals surface area contributed by atoms with Gasteiger partial charge in [0.1, 0.15) is 12.3 Å². The summed E-state index contributed by atoms with van der Waals surface area (Å²) in [6, 6.07) is 4.39. The molecule has 0 aliphatic heterocycles. The van der Waals surface area contributed by atoms with Gasteiger partial charge < -0.3 is 19.4 Å². The first kappa shape index (κ1) is 20.9. The minimum absolute atomic E-state index is 1.00. The Labute approximate surface area is 149 Å². The molecule has 1 aromatic carbocycles. The molecule has 4 nitrogen and oxygen atoms in total. The van der Waals surface area contributed by atoms with E-state index in [1.54, 1.807) is 21.8 Å². The second kappa shape index (κ2) is 10.7. The average molecular weight is 339 g/mol. The van der Waals surface area contributed by atoms with Crippen LogP contribution in [-0.4, -0.2) is 61.5 Å². The summed E-state index contributed by atoms with van der Waals surface area (Å²) in [4.78, 5) is 4.80. The fraction of sp³-hybridized carbons (Fsp3) is 0.700. The first-order valence-corrected chi connectivity index (χ1v) is 9.39. The summed E-state index contributed by atoms with van der Waals surface area (Å²) in [6.07, 6.45) is 2.58. The van der Waals surface area contributed by atoms with E-state index >= 15 is 0 Å². The van der Waals surface area contributed by atoms with Gasteiger partial charge in [-0.2, -0.15) is 0 Å². The molecule has 138 valence electrons. The largest absolute Gasteiger partial charge is 0.496 e. The SMILES string of the molecule is COc1ccc(C[NH+](CCC[NH+](C)C)CCC[NH+](C)C)c(C)c1C. The van der Waals surface area contributed by atoms with E-state index in [0.717, 1.165) is 12.3 Å². The molecule has 0 aliphatic carbocycles. The van der Waals surface area contributed by atoms with Gasteiger partial charge in [-0.1, -0.05) is 0 Å². The molecule has 0 radical (unpaired) electrons. The van der Waals surface area contributed by atoms with Crippen LogP contribution in [0.25, 0.3) is 0 Å².